The SMILES string of the molecule is OCCc1cc(B(O)O)ccc1Cl. The first kappa shape index (κ1) is 10.5. The van der Waals surface area contributed by atoms with E-state index in [0.29, 0.717) is 16.9 Å². The highest BCUT2D eigenvalue weighted by Crippen LogP contribution is 2.14. The van der Waals surface area contributed by atoms with Crippen LogP contribution in [-0.2, 0) is 6.42 Å². The van der Waals surface area contributed by atoms with E-state index in [9.17, 15) is 0 Å². The zero-order valence-electron chi connectivity index (χ0n) is 6.94. The Morgan fingerprint density at radius 3 is 2.54 bits per heavy atom. The second-order valence-electron chi connectivity index (χ2n) is 2.70. The van der Waals surface area contributed by atoms with E-state index in [1.807, 2.05) is 0 Å². The van der Waals surface area contributed by atoms with Crippen molar-refractivity contribution in [3.8, 4) is 0 Å². The molecule has 0 radical (unpaired) electrons. The molecule has 0 unspecified atom stereocenters. The molecule has 0 aliphatic carbocycles. The van der Waals surface area contributed by atoms with Crippen molar-refractivity contribution in [3.05, 3.63) is 28.8 Å². The van der Waals surface area contributed by atoms with Gasteiger partial charge in [-0.25, -0.2) is 0 Å². The lowest BCUT2D eigenvalue weighted by molar-refractivity contribution is 0.299. The molecule has 1 rings (SSSR count). The van der Waals surface area contributed by atoms with Gasteiger partial charge in [-0.3, -0.25) is 0 Å². The Hall–Kier alpha value is -0.545. The van der Waals surface area contributed by atoms with Gasteiger partial charge in [-0.05, 0) is 23.5 Å². The highest BCUT2D eigenvalue weighted by molar-refractivity contribution is 6.58. The smallest absolute Gasteiger partial charge is 0.423 e. The molecule has 0 amide bonds. The molecule has 0 spiro atoms. The summed E-state index contributed by atoms with van der Waals surface area (Å²) in [4.78, 5) is 0. The minimum atomic E-state index is -1.49. The molecular formula is C8H10BClO3. The van der Waals surface area contributed by atoms with Gasteiger partial charge in [-0.2, -0.15) is 0 Å². The number of rotatable bonds is 3. The largest absolute Gasteiger partial charge is 0.488 e. The van der Waals surface area contributed by atoms with Crippen LogP contribution in [0.15, 0.2) is 18.2 Å². The van der Waals surface area contributed by atoms with Crippen molar-refractivity contribution in [2.75, 3.05) is 6.61 Å². The van der Waals surface area contributed by atoms with Crippen LogP contribution in [0.2, 0.25) is 5.02 Å². The molecule has 1 aromatic rings. The van der Waals surface area contributed by atoms with Crippen molar-refractivity contribution in [2.45, 2.75) is 6.42 Å². The molecule has 13 heavy (non-hydrogen) atoms. The molecule has 1 aromatic carbocycles. The molecule has 70 valence electrons. The maximum absolute atomic E-state index is 8.86. The monoisotopic (exact) mass is 200 g/mol. The highest BCUT2D eigenvalue weighted by atomic mass is 35.5. The maximum atomic E-state index is 8.86. The summed E-state index contributed by atoms with van der Waals surface area (Å²) in [5.74, 6) is 0. The summed E-state index contributed by atoms with van der Waals surface area (Å²) in [6.07, 6.45) is 0.416. The van der Waals surface area contributed by atoms with Gasteiger partial charge in [0.25, 0.3) is 0 Å². The summed E-state index contributed by atoms with van der Waals surface area (Å²) >= 11 is 5.81. The summed E-state index contributed by atoms with van der Waals surface area (Å²) in [5, 5.41) is 26.9. The minimum absolute atomic E-state index is 0.00923. The van der Waals surface area contributed by atoms with Gasteiger partial charge in [0.15, 0.2) is 0 Å². The molecule has 5 heteroatoms. The first-order chi connectivity index (χ1) is 6.15. The van der Waals surface area contributed by atoms with Gasteiger partial charge in [0.05, 0.1) is 0 Å². The molecule has 3 N–H and O–H groups in total. The molecule has 0 bridgehead atoms. The van der Waals surface area contributed by atoms with Crippen LogP contribution >= 0.6 is 11.6 Å². The first-order valence-electron chi connectivity index (χ1n) is 3.90. The Balaban J connectivity index is 2.97. The van der Waals surface area contributed by atoms with Crippen molar-refractivity contribution < 1.29 is 15.2 Å². The van der Waals surface area contributed by atoms with Gasteiger partial charge in [-0.15, -0.1) is 0 Å². The molecule has 0 aliphatic heterocycles. The summed E-state index contributed by atoms with van der Waals surface area (Å²) in [7, 11) is -1.49. The zero-order chi connectivity index (χ0) is 9.84. The van der Waals surface area contributed by atoms with Gasteiger partial charge < -0.3 is 15.2 Å². The van der Waals surface area contributed by atoms with E-state index in [1.165, 1.54) is 6.07 Å². The first-order valence-corrected chi connectivity index (χ1v) is 4.28. The third-order valence-corrected chi connectivity index (χ3v) is 2.12. The van der Waals surface area contributed by atoms with Crippen LogP contribution < -0.4 is 5.46 Å². The Bertz CT molecular complexity index is 291. The zero-order valence-corrected chi connectivity index (χ0v) is 7.70. The maximum Gasteiger partial charge on any atom is 0.488 e. The van der Waals surface area contributed by atoms with Gasteiger partial charge in [-0.1, -0.05) is 23.7 Å². The predicted molar refractivity (Wildman–Crippen MR) is 52.1 cm³/mol. The second-order valence-corrected chi connectivity index (χ2v) is 3.11. The van der Waals surface area contributed by atoms with Crippen molar-refractivity contribution >= 4 is 24.2 Å². The fraction of sp³-hybridized carbons (Fsp3) is 0.250. The van der Waals surface area contributed by atoms with Crippen LogP contribution in [0.4, 0.5) is 0 Å². The lowest BCUT2D eigenvalue weighted by Gasteiger charge is -2.05. The van der Waals surface area contributed by atoms with Crippen LogP contribution in [0.25, 0.3) is 0 Å². The molecule has 3 nitrogen and oxygen atoms in total. The van der Waals surface area contributed by atoms with Crippen molar-refractivity contribution in [2.24, 2.45) is 0 Å². The molecule has 0 atom stereocenters. The van der Waals surface area contributed by atoms with Crippen LogP contribution in [0.1, 0.15) is 5.56 Å². The third kappa shape index (κ3) is 2.71. The summed E-state index contributed by atoms with van der Waals surface area (Å²) in [6, 6.07) is 4.69. The number of aliphatic hydroxyl groups excluding tert-OH is 1. The fourth-order valence-electron chi connectivity index (χ4n) is 1.07. The van der Waals surface area contributed by atoms with Gasteiger partial charge in [0, 0.05) is 11.6 Å². The van der Waals surface area contributed by atoms with E-state index < -0.39 is 7.12 Å². The van der Waals surface area contributed by atoms with Gasteiger partial charge in [0.1, 0.15) is 0 Å². The summed E-state index contributed by atoms with van der Waals surface area (Å²) in [6.45, 7) is -0.00923. The van der Waals surface area contributed by atoms with Crippen LogP contribution in [0.3, 0.4) is 0 Å². The molecule has 0 aliphatic rings. The lowest BCUT2D eigenvalue weighted by Crippen LogP contribution is -2.30. The number of halogens is 1. The molecule has 0 aromatic heterocycles. The minimum Gasteiger partial charge on any atom is -0.423 e. The standard InChI is InChI=1S/C8H10BClO3/c10-8-2-1-7(9(12)13)5-6(8)3-4-11/h1-2,5,11-13H,3-4H2. The van der Waals surface area contributed by atoms with Gasteiger partial charge in [0.2, 0.25) is 0 Å². The quantitative estimate of drug-likeness (QED) is 0.580. The Morgan fingerprint density at radius 1 is 1.31 bits per heavy atom. The lowest BCUT2D eigenvalue weighted by atomic mass is 9.79. The van der Waals surface area contributed by atoms with Crippen LogP contribution in [0, 0.1) is 0 Å². The average molecular weight is 200 g/mol. The highest BCUT2D eigenvalue weighted by Gasteiger charge is 2.12. The van der Waals surface area contributed by atoms with Crippen molar-refractivity contribution in [1.29, 1.82) is 0 Å². The normalized spacial score (nSPS) is 10.2. The third-order valence-electron chi connectivity index (χ3n) is 1.75. The number of hydrogen-bond acceptors (Lipinski definition) is 3. The number of aliphatic hydroxyl groups is 1. The number of hydrogen-bond donors (Lipinski definition) is 3. The molecule has 0 saturated heterocycles. The number of benzene rings is 1. The van der Waals surface area contributed by atoms with E-state index in [-0.39, 0.29) is 6.61 Å². The Kier molecular flexibility index (Phi) is 3.75. The average Bonchev–Trinajstić information content (AvgIpc) is 2.08. The topological polar surface area (TPSA) is 60.7 Å². The summed E-state index contributed by atoms with van der Waals surface area (Å²) < 4.78 is 0. The predicted octanol–water partition coefficient (Wildman–Crippen LogP) is -0.445. The van der Waals surface area contributed by atoms with Gasteiger partial charge >= 0.3 is 7.12 Å². The van der Waals surface area contributed by atoms with Crippen molar-refractivity contribution in [3.63, 3.8) is 0 Å². The van der Waals surface area contributed by atoms with E-state index in [1.54, 1.807) is 12.1 Å². The summed E-state index contributed by atoms with van der Waals surface area (Å²) in [5.41, 5.74) is 1.10. The van der Waals surface area contributed by atoms with Crippen LogP contribution in [0.5, 0.6) is 0 Å². The fourth-order valence-corrected chi connectivity index (χ4v) is 1.28. The van der Waals surface area contributed by atoms with E-state index >= 15 is 0 Å². The molecule has 0 fully saturated rings. The second kappa shape index (κ2) is 4.62. The van der Waals surface area contributed by atoms with Crippen molar-refractivity contribution in [1.82, 2.24) is 0 Å². The van der Waals surface area contributed by atoms with E-state index in [4.69, 9.17) is 26.8 Å². The molecular weight excluding hydrogens is 190 g/mol. The Labute approximate surface area is 81.7 Å². The van der Waals surface area contributed by atoms with E-state index in [2.05, 4.69) is 0 Å². The van der Waals surface area contributed by atoms with Crippen LogP contribution in [-0.4, -0.2) is 28.9 Å². The Morgan fingerprint density at radius 2 is 2.00 bits per heavy atom. The van der Waals surface area contributed by atoms with E-state index in [0.717, 1.165) is 5.56 Å². The molecule has 0 saturated carbocycles. The molecule has 0 heterocycles.